The van der Waals surface area contributed by atoms with Crippen molar-refractivity contribution in [3.63, 3.8) is 0 Å². The van der Waals surface area contributed by atoms with Crippen LogP contribution >= 0.6 is 0 Å². The summed E-state index contributed by atoms with van der Waals surface area (Å²) in [6.45, 7) is 1.90. The van der Waals surface area contributed by atoms with E-state index < -0.39 is 0 Å². The third-order valence-corrected chi connectivity index (χ3v) is 4.84. The zero-order valence-electron chi connectivity index (χ0n) is 12.5. The molecule has 3 rings (SSSR count). The Bertz CT molecular complexity index is 420. The quantitative estimate of drug-likeness (QED) is 0.913. The summed E-state index contributed by atoms with van der Waals surface area (Å²) in [5, 5.41) is 11.7. The van der Waals surface area contributed by atoms with Crippen LogP contribution in [-0.2, 0) is 18.2 Å². The zero-order valence-corrected chi connectivity index (χ0v) is 12.5. The predicted octanol–water partition coefficient (Wildman–Crippen LogP) is 1.83. The van der Waals surface area contributed by atoms with Gasteiger partial charge >= 0.3 is 0 Å². The summed E-state index contributed by atoms with van der Waals surface area (Å²) in [6.07, 6.45) is 11.6. The second kappa shape index (κ2) is 6.22. The first-order chi connectivity index (χ1) is 9.77. The molecule has 112 valence electrons. The lowest BCUT2D eigenvalue weighted by Gasteiger charge is -2.43. The Morgan fingerprint density at radius 1 is 1.40 bits per heavy atom. The number of ether oxygens (including phenoxy) is 1. The van der Waals surface area contributed by atoms with Crippen molar-refractivity contribution in [3.05, 3.63) is 12.2 Å². The van der Waals surface area contributed by atoms with Gasteiger partial charge in [0, 0.05) is 32.7 Å². The van der Waals surface area contributed by atoms with Gasteiger partial charge in [0.25, 0.3) is 0 Å². The topological polar surface area (TPSA) is 52.0 Å². The highest BCUT2D eigenvalue weighted by molar-refractivity contribution is 4.93. The number of aryl methyl sites for hydroxylation is 1. The first-order valence-corrected chi connectivity index (χ1v) is 7.98. The van der Waals surface area contributed by atoms with Gasteiger partial charge in [0.05, 0.1) is 5.60 Å². The van der Waals surface area contributed by atoms with Crippen molar-refractivity contribution in [2.24, 2.45) is 7.05 Å². The number of rotatable bonds is 4. The molecule has 20 heavy (non-hydrogen) atoms. The molecule has 5 nitrogen and oxygen atoms in total. The molecule has 1 spiro atoms. The van der Waals surface area contributed by atoms with Crippen LogP contribution in [0.15, 0.2) is 6.33 Å². The molecule has 2 aliphatic rings. The van der Waals surface area contributed by atoms with Gasteiger partial charge in [-0.05, 0) is 25.7 Å². The lowest BCUT2D eigenvalue weighted by Crippen LogP contribution is -2.48. The maximum atomic E-state index is 6.14. The molecule has 1 aliphatic heterocycles. The van der Waals surface area contributed by atoms with E-state index in [4.69, 9.17) is 4.74 Å². The van der Waals surface area contributed by atoms with Crippen molar-refractivity contribution < 1.29 is 4.74 Å². The number of aromatic nitrogens is 3. The van der Waals surface area contributed by atoms with E-state index >= 15 is 0 Å². The Kier molecular flexibility index (Phi) is 4.36. The minimum atomic E-state index is 0.193. The molecule has 1 unspecified atom stereocenters. The highest BCUT2D eigenvalue weighted by atomic mass is 16.5. The van der Waals surface area contributed by atoms with Gasteiger partial charge in [-0.3, -0.25) is 0 Å². The smallest absolute Gasteiger partial charge is 0.133 e. The van der Waals surface area contributed by atoms with Gasteiger partial charge in [-0.2, -0.15) is 0 Å². The summed E-state index contributed by atoms with van der Waals surface area (Å²) >= 11 is 0. The number of nitrogens with zero attached hydrogens (tertiary/aromatic N) is 3. The van der Waals surface area contributed by atoms with Gasteiger partial charge in [0.1, 0.15) is 12.2 Å². The summed E-state index contributed by atoms with van der Waals surface area (Å²) in [7, 11) is 2.00. The second-order valence-electron chi connectivity index (χ2n) is 6.34. The molecular formula is C15H26N4O. The maximum absolute atomic E-state index is 6.14. The molecule has 1 N–H and O–H groups in total. The summed E-state index contributed by atoms with van der Waals surface area (Å²) in [4.78, 5) is 0. The van der Waals surface area contributed by atoms with E-state index in [0.29, 0.717) is 6.04 Å². The lowest BCUT2D eigenvalue weighted by molar-refractivity contribution is -0.109. The van der Waals surface area contributed by atoms with Crippen LogP contribution in [-0.4, -0.2) is 39.6 Å². The van der Waals surface area contributed by atoms with Crippen LogP contribution in [0.3, 0.4) is 0 Å². The summed E-state index contributed by atoms with van der Waals surface area (Å²) in [5.74, 6) is 1.05. The fraction of sp³-hybridized carbons (Fsp3) is 0.867. The first kappa shape index (κ1) is 14.0. The van der Waals surface area contributed by atoms with Gasteiger partial charge in [0.2, 0.25) is 0 Å². The van der Waals surface area contributed by atoms with Crippen LogP contribution in [0, 0.1) is 0 Å². The monoisotopic (exact) mass is 278 g/mol. The molecule has 1 aromatic heterocycles. The molecule has 1 atom stereocenters. The molecule has 5 heteroatoms. The highest BCUT2D eigenvalue weighted by Gasteiger charge is 2.38. The number of hydrogen-bond donors (Lipinski definition) is 1. The molecule has 1 aromatic rings. The van der Waals surface area contributed by atoms with E-state index in [1.807, 2.05) is 11.6 Å². The molecule has 2 heterocycles. The SMILES string of the molecule is Cn1cnnc1CCNC1CCOC2(CCCCC2)C1. The van der Waals surface area contributed by atoms with Crippen molar-refractivity contribution in [3.8, 4) is 0 Å². The van der Waals surface area contributed by atoms with Crippen molar-refractivity contribution in [2.45, 2.75) is 63.0 Å². The van der Waals surface area contributed by atoms with Gasteiger partial charge in [-0.25, -0.2) is 0 Å². The van der Waals surface area contributed by atoms with Crippen LogP contribution in [0.2, 0.25) is 0 Å². The van der Waals surface area contributed by atoms with Crippen molar-refractivity contribution in [1.82, 2.24) is 20.1 Å². The lowest BCUT2D eigenvalue weighted by atomic mass is 9.78. The largest absolute Gasteiger partial charge is 0.375 e. The average molecular weight is 278 g/mol. The molecule has 0 radical (unpaired) electrons. The van der Waals surface area contributed by atoms with E-state index in [-0.39, 0.29) is 5.60 Å². The third-order valence-electron chi connectivity index (χ3n) is 4.84. The number of hydrogen-bond acceptors (Lipinski definition) is 4. The van der Waals surface area contributed by atoms with E-state index in [1.54, 1.807) is 6.33 Å². The molecule has 2 fully saturated rings. The van der Waals surface area contributed by atoms with Gasteiger partial charge < -0.3 is 14.6 Å². The maximum Gasteiger partial charge on any atom is 0.133 e. The van der Waals surface area contributed by atoms with Crippen LogP contribution < -0.4 is 5.32 Å². The van der Waals surface area contributed by atoms with Crippen molar-refractivity contribution >= 4 is 0 Å². The fourth-order valence-electron chi connectivity index (χ4n) is 3.67. The molecule has 0 amide bonds. The molecule has 1 aliphatic carbocycles. The minimum Gasteiger partial charge on any atom is -0.375 e. The van der Waals surface area contributed by atoms with Crippen molar-refractivity contribution in [2.75, 3.05) is 13.2 Å². The predicted molar refractivity (Wildman–Crippen MR) is 77.5 cm³/mol. The first-order valence-electron chi connectivity index (χ1n) is 7.98. The van der Waals surface area contributed by atoms with Crippen LogP contribution in [0.4, 0.5) is 0 Å². The summed E-state index contributed by atoms with van der Waals surface area (Å²) in [5.41, 5.74) is 0.193. The Hall–Kier alpha value is -0.940. The Labute approximate surface area is 121 Å². The fourth-order valence-corrected chi connectivity index (χ4v) is 3.67. The molecular weight excluding hydrogens is 252 g/mol. The molecule has 0 bridgehead atoms. The van der Waals surface area contributed by atoms with E-state index in [0.717, 1.165) is 31.8 Å². The standard InChI is InChI=1S/C15H26N4O/c1-19-12-17-18-14(19)5-9-16-13-6-10-20-15(11-13)7-3-2-4-8-15/h12-13,16H,2-11H2,1H3. The minimum absolute atomic E-state index is 0.193. The van der Waals surface area contributed by atoms with Gasteiger partial charge in [0.15, 0.2) is 0 Å². The van der Waals surface area contributed by atoms with Gasteiger partial charge in [-0.1, -0.05) is 19.3 Å². The van der Waals surface area contributed by atoms with Gasteiger partial charge in [-0.15, -0.1) is 10.2 Å². The number of nitrogens with one attached hydrogen (secondary N) is 1. The molecule has 1 saturated carbocycles. The van der Waals surface area contributed by atoms with Crippen LogP contribution in [0.25, 0.3) is 0 Å². The van der Waals surface area contributed by atoms with Crippen LogP contribution in [0.5, 0.6) is 0 Å². The normalized spacial score (nSPS) is 25.9. The third kappa shape index (κ3) is 3.20. The Balaban J connectivity index is 1.47. The molecule has 0 aromatic carbocycles. The summed E-state index contributed by atoms with van der Waals surface area (Å²) < 4.78 is 8.14. The average Bonchev–Trinajstić information content (AvgIpc) is 2.86. The molecule has 1 saturated heterocycles. The van der Waals surface area contributed by atoms with E-state index in [1.165, 1.54) is 38.5 Å². The highest BCUT2D eigenvalue weighted by Crippen LogP contribution is 2.38. The Morgan fingerprint density at radius 3 is 3.00 bits per heavy atom. The van der Waals surface area contributed by atoms with E-state index in [9.17, 15) is 0 Å². The zero-order chi connectivity index (χ0) is 13.8. The summed E-state index contributed by atoms with van der Waals surface area (Å²) in [6, 6.07) is 0.607. The second-order valence-corrected chi connectivity index (χ2v) is 6.34. The van der Waals surface area contributed by atoms with Crippen LogP contribution in [0.1, 0.15) is 50.8 Å². The van der Waals surface area contributed by atoms with E-state index in [2.05, 4.69) is 15.5 Å². The Morgan fingerprint density at radius 2 is 2.25 bits per heavy atom. The van der Waals surface area contributed by atoms with Crippen molar-refractivity contribution in [1.29, 1.82) is 0 Å².